The highest BCUT2D eigenvalue weighted by atomic mass is 35.5. The molecule has 0 amide bonds. The first-order valence-corrected chi connectivity index (χ1v) is 11.9. The van der Waals surface area contributed by atoms with Gasteiger partial charge < -0.3 is 9.84 Å². The van der Waals surface area contributed by atoms with Crippen molar-refractivity contribution in [2.24, 2.45) is 0 Å². The lowest BCUT2D eigenvalue weighted by Crippen LogP contribution is -2.53. The SMILES string of the molecule is CC1(C)Oc2ccc(S(=O)(=O)c3ccc(Cl)cc3)cc2[C@@H](N2CSC(=O)C2)[C@@H]1O. The second kappa shape index (κ2) is 7.28. The van der Waals surface area contributed by atoms with Crippen LogP contribution in [-0.4, -0.2) is 47.7 Å². The Labute approximate surface area is 178 Å². The monoisotopic (exact) mass is 453 g/mol. The molecule has 0 aliphatic carbocycles. The Hall–Kier alpha value is -1.58. The topological polar surface area (TPSA) is 83.9 Å². The third-order valence-corrected chi connectivity index (χ3v) is 8.17. The molecule has 0 radical (unpaired) electrons. The highest BCUT2D eigenvalue weighted by Crippen LogP contribution is 2.45. The van der Waals surface area contributed by atoms with Crippen molar-refractivity contribution >= 4 is 38.3 Å². The summed E-state index contributed by atoms with van der Waals surface area (Å²) in [6.07, 6.45) is -0.935. The molecule has 0 spiro atoms. The van der Waals surface area contributed by atoms with E-state index in [1.54, 1.807) is 19.9 Å². The minimum atomic E-state index is -3.78. The number of aliphatic hydroxyl groups excluding tert-OH is 1. The molecule has 1 N–H and O–H groups in total. The number of benzene rings is 2. The van der Waals surface area contributed by atoms with Crippen LogP contribution in [0.1, 0.15) is 25.5 Å². The maximum Gasteiger partial charge on any atom is 0.206 e. The van der Waals surface area contributed by atoms with E-state index in [0.29, 0.717) is 22.2 Å². The van der Waals surface area contributed by atoms with Crippen molar-refractivity contribution in [2.45, 2.75) is 41.4 Å². The van der Waals surface area contributed by atoms with E-state index >= 15 is 0 Å². The van der Waals surface area contributed by atoms with Crippen LogP contribution in [0.15, 0.2) is 52.3 Å². The highest BCUT2D eigenvalue weighted by molar-refractivity contribution is 8.14. The van der Waals surface area contributed by atoms with Crippen LogP contribution in [0.2, 0.25) is 5.02 Å². The molecular formula is C20H20ClNO5S2. The largest absolute Gasteiger partial charge is 0.485 e. The van der Waals surface area contributed by atoms with E-state index in [9.17, 15) is 18.3 Å². The molecule has 0 saturated carbocycles. The van der Waals surface area contributed by atoms with Gasteiger partial charge in [0.05, 0.1) is 28.3 Å². The van der Waals surface area contributed by atoms with Crippen LogP contribution in [0.4, 0.5) is 0 Å². The van der Waals surface area contributed by atoms with E-state index in [0.717, 1.165) is 0 Å². The Balaban J connectivity index is 1.81. The van der Waals surface area contributed by atoms with Gasteiger partial charge in [0.15, 0.2) is 0 Å². The minimum absolute atomic E-state index is 0.0213. The Kier molecular flexibility index (Phi) is 5.19. The molecule has 4 rings (SSSR count). The van der Waals surface area contributed by atoms with E-state index in [-0.39, 0.29) is 21.5 Å². The van der Waals surface area contributed by atoms with Crippen molar-refractivity contribution in [3.63, 3.8) is 0 Å². The molecule has 9 heteroatoms. The maximum absolute atomic E-state index is 13.1. The second-order valence-electron chi connectivity index (χ2n) is 7.64. The van der Waals surface area contributed by atoms with Gasteiger partial charge in [-0.25, -0.2) is 8.42 Å². The summed E-state index contributed by atoms with van der Waals surface area (Å²) in [5.41, 5.74) is -0.327. The molecule has 2 aromatic carbocycles. The van der Waals surface area contributed by atoms with Crippen molar-refractivity contribution in [3.8, 4) is 5.75 Å². The Morgan fingerprint density at radius 1 is 1.17 bits per heavy atom. The molecule has 2 atom stereocenters. The zero-order valence-electron chi connectivity index (χ0n) is 15.8. The quantitative estimate of drug-likeness (QED) is 0.763. The number of thioether (sulfide) groups is 1. The number of carbonyl (C=O) groups excluding carboxylic acids is 1. The van der Waals surface area contributed by atoms with Gasteiger partial charge in [-0.1, -0.05) is 23.4 Å². The van der Waals surface area contributed by atoms with Crippen molar-refractivity contribution < 1.29 is 23.1 Å². The lowest BCUT2D eigenvalue weighted by molar-refractivity contribution is -0.115. The summed E-state index contributed by atoms with van der Waals surface area (Å²) in [5.74, 6) is 0.939. The Morgan fingerprint density at radius 3 is 2.45 bits per heavy atom. The van der Waals surface area contributed by atoms with Gasteiger partial charge in [0.25, 0.3) is 0 Å². The van der Waals surface area contributed by atoms with Crippen LogP contribution >= 0.6 is 23.4 Å². The first kappa shape index (κ1) is 20.7. The molecule has 2 aliphatic heterocycles. The number of sulfone groups is 1. The number of aliphatic hydroxyl groups is 1. The molecule has 0 aromatic heterocycles. The van der Waals surface area contributed by atoms with Gasteiger partial charge in [0.2, 0.25) is 15.0 Å². The second-order valence-corrected chi connectivity index (χ2v) is 11.0. The zero-order valence-corrected chi connectivity index (χ0v) is 18.2. The van der Waals surface area contributed by atoms with Crippen molar-refractivity contribution in [3.05, 3.63) is 53.1 Å². The van der Waals surface area contributed by atoms with Gasteiger partial charge in [0, 0.05) is 10.6 Å². The average molecular weight is 454 g/mol. The number of rotatable bonds is 3. The fourth-order valence-corrected chi connectivity index (χ4v) is 5.89. The Bertz CT molecular complexity index is 1070. The normalized spacial score (nSPS) is 24.2. The molecule has 2 aliphatic rings. The van der Waals surface area contributed by atoms with Crippen LogP contribution in [0.25, 0.3) is 0 Å². The number of ether oxygens (including phenoxy) is 1. The van der Waals surface area contributed by atoms with Crippen molar-refractivity contribution in [1.29, 1.82) is 0 Å². The third-order valence-electron chi connectivity index (χ3n) is 5.24. The summed E-state index contributed by atoms with van der Waals surface area (Å²) in [7, 11) is -3.78. The van der Waals surface area contributed by atoms with Gasteiger partial charge in [-0.2, -0.15) is 0 Å². The number of hydrogen-bond acceptors (Lipinski definition) is 7. The summed E-state index contributed by atoms with van der Waals surface area (Å²) in [6, 6.07) is 10.1. The molecule has 6 nitrogen and oxygen atoms in total. The van der Waals surface area contributed by atoms with E-state index in [2.05, 4.69) is 0 Å². The fraction of sp³-hybridized carbons (Fsp3) is 0.350. The van der Waals surface area contributed by atoms with Gasteiger partial charge >= 0.3 is 0 Å². The third kappa shape index (κ3) is 3.68. The van der Waals surface area contributed by atoms with Crippen LogP contribution in [-0.2, 0) is 14.6 Å². The molecule has 29 heavy (non-hydrogen) atoms. The van der Waals surface area contributed by atoms with E-state index < -0.39 is 27.6 Å². The Morgan fingerprint density at radius 2 is 1.83 bits per heavy atom. The molecule has 0 bridgehead atoms. The van der Waals surface area contributed by atoms with Crippen LogP contribution in [0, 0.1) is 0 Å². The van der Waals surface area contributed by atoms with Gasteiger partial charge in [-0.05, 0) is 56.3 Å². The van der Waals surface area contributed by atoms with E-state index in [4.69, 9.17) is 16.3 Å². The van der Waals surface area contributed by atoms with Crippen molar-refractivity contribution in [2.75, 3.05) is 12.4 Å². The molecular weight excluding hydrogens is 434 g/mol. The number of carbonyl (C=O) groups is 1. The maximum atomic E-state index is 13.1. The fourth-order valence-electron chi connectivity index (χ4n) is 3.65. The first-order valence-electron chi connectivity index (χ1n) is 9.01. The lowest BCUT2D eigenvalue weighted by Gasteiger charge is -2.45. The average Bonchev–Trinajstić information content (AvgIpc) is 3.08. The molecule has 1 saturated heterocycles. The predicted octanol–water partition coefficient (Wildman–Crippen LogP) is 3.28. The van der Waals surface area contributed by atoms with E-state index in [1.807, 2.05) is 4.90 Å². The summed E-state index contributed by atoms with van der Waals surface area (Å²) < 4.78 is 32.2. The van der Waals surface area contributed by atoms with Crippen LogP contribution in [0.5, 0.6) is 5.75 Å². The molecule has 154 valence electrons. The summed E-state index contributed by atoms with van der Waals surface area (Å²) >= 11 is 7.06. The number of fused-ring (bicyclic) bond motifs is 1. The lowest BCUT2D eigenvalue weighted by atomic mass is 9.86. The van der Waals surface area contributed by atoms with Crippen LogP contribution in [0.3, 0.4) is 0 Å². The van der Waals surface area contributed by atoms with Crippen LogP contribution < -0.4 is 4.74 Å². The van der Waals surface area contributed by atoms with Gasteiger partial charge in [-0.3, -0.25) is 9.69 Å². The summed E-state index contributed by atoms with van der Waals surface area (Å²) in [5, 5.41) is 11.4. The van der Waals surface area contributed by atoms with Crippen molar-refractivity contribution in [1.82, 2.24) is 4.90 Å². The zero-order chi connectivity index (χ0) is 21.0. The molecule has 2 heterocycles. The first-order chi connectivity index (χ1) is 13.6. The molecule has 1 fully saturated rings. The summed E-state index contributed by atoms with van der Waals surface area (Å²) in [4.78, 5) is 13.9. The number of halogens is 1. The molecule has 2 aromatic rings. The van der Waals surface area contributed by atoms with Gasteiger partial charge in [0.1, 0.15) is 17.5 Å². The highest BCUT2D eigenvalue weighted by Gasteiger charge is 2.47. The minimum Gasteiger partial charge on any atom is -0.485 e. The smallest absolute Gasteiger partial charge is 0.206 e. The van der Waals surface area contributed by atoms with E-state index in [1.165, 1.54) is 48.2 Å². The number of nitrogens with zero attached hydrogens (tertiary/aromatic N) is 1. The standard InChI is InChI=1S/C20H20ClNO5S2/c1-20(2)19(24)18(22-10-17(23)28-11-22)15-9-14(7-8-16(15)27-20)29(25,26)13-5-3-12(21)4-6-13/h3-9,18-19,24H,10-11H2,1-2H3/t18-,19+/m1/s1. The summed E-state index contributed by atoms with van der Waals surface area (Å²) in [6.45, 7) is 3.74. The van der Waals surface area contributed by atoms with Gasteiger partial charge in [-0.15, -0.1) is 0 Å². The molecule has 0 unspecified atom stereocenters. The predicted molar refractivity (Wildman–Crippen MR) is 111 cm³/mol. The number of hydrogen-bond donors (Lipinski definition) is 1.